The molecule has 2 amide bonds. The first-order chi connectivity index (χ1) is 9.99. The van der Waals surface area contributed by atoms with Gasteiger partial charge in [0.05, 0.1) is 0 Å². The number of likely N-dealkylation sites (tertiary alicyclic amines) is 1. The van der Waals surface area contributed by atoms with Gasteiger partial charge in [-0.2, -0.15) is 0 Å². The Labute approximate surface area is 123 Å². The van der Waals surface area contributed by atoms with Gasteiger partial charge < -0.3 is 20.4 Å². The summed E-state index contributed by atoms with van der Waals surface area (Å²) in [4.78, 5) is 24.9. The number of carbonyl (C=O) groups excluding carboxylic acids is 2. The summed E-state index contributed by atoms with van der Waals surface area (Å²) in [7, 11) is 0. The van der Waals surface area contributed by atoms with Gasteiger partial charge in [0, 0.05) is 26.6 Å². The molecule has 1 aliphatic heterocycles. The van der Waals surface area contributed by atoms with Crippen molar-refractivity contribution >= 4 is 11.8 Å². The molecule has 0 bridgehead atoms. The summed E-state index contributed by atoms with van der Waals surface area (Å²) in [5.74, 6) is -0.465. The molecule has 6 nitrogen and oxygen atoms in total. The molecule has 1 aromatic rings. The van der Waals surface area contributed by atoms with Gasteiger partial charge in [-0.15, -0.1) is 0 Å². The van der Waals surface area contributed by atoms with Crippen molar-refractivity contribution in [2.24, 2.45) is 5.92 Å². The second-order valence-electron chi connectivity index (χ2n) is 5.34. The molecule has 0 radical (unpaired) electrons. The van der Waals surface area contributed by atoms with Crippen LogP contribution in [0.2, 0.25) is 0 Å². The highest BCUT2D eigenvalue weighted by molar-refractivity contribution is 5.99. The van der Waals surface area contributed by atoms with Crippen molar-refractivity contribution in [1.82, 2.24) is 10.2 Å². The number of nitrogens with zero attached hydrogens (tertiary/aromatic N) is 1. The first kappa shape index (κ1) is 15.2. The summed E-state index contributed by atoms with van der Waals surface area (Å²) in [6, 6.07) is 4.26. The lowest BCUT2D eigenvalue weighted by molar-refractivity contribution is -0.119. The smallest absolute Gasteiger partial charge is 0.261 e. The van der Waals surface area contributed by atoms with E-state index in [1.807, 2.05) is 0 Å². The molecule has 0 aromatic heterocycles. The topological polar surface area (TPSA) is 89.9 Å². The van der Waals surface area contributed by atoms with Crippen LogP contribution in [0.5, 0.6) is 11.5 Å². The minimum absolute atomic E-state index is 0.0437. The van der Waals surface area contributed by atoms with Crippen LogP contribution in [0.4, 0.5) is 0 Å². The molecule has 21 heavy (non-hydrogen) atoms. The maximum atomic E-state index is 12.4. The molecule has 1 fully saturated rings. The van der Waals surface area contributed by atoms with Crippen LogP contribution in [-0.4, -0.2) is 46.6 Å². The van der Waals surface area contributed by atoms with Gasteiger partial charge in [-0.3, -0.25) is 9.59 Å². The molecule has 1 saturated heterocycles. The van der Waals surface area contributed by atoms with Crippen molar-refractivity contribution < 1.29 is 19.8 Å². The predicted octanol–water partition coefficient (Wildman–Crippen LogP) is 1.09. The van der Waals surface area contributed by atoms with Crippen molar-refractivity contribution in [1.29, 1.82) is 0 Å². The van der Waals surface area contributed by atoms with Gasteiger partial charge in [0.25, 0.3) is 5.91 Å². The monoisotopic (exact) mass is 292 g/mol. The first-order valence-electron chi connectivity index (χ1n) is 7.03. The molecule has 0 aliphatic carbocycles. The molecule has 0 unspecified atom stereocenters. The van der Waals surface area contributed by atoms with Crippen molar-refractivity contribution in [3.05, 3.63) is 23.8 Å². The van der Waals surface area contributed by atoms with Gasteiger partial charge in [0.2, 0.25) is 5.91 Å². The Hall–Kier alpha value is -2.24. The lowest BCUT2D eigenvalue weighted by atomic mass is 9.96. The Kier molecular flexibility index (Phi) is 4.67. The van der Waals surface area contributed by atoms with E-state index < -0.39 is 0 Å². The van der Waals surface area contributed by atoms with Crippen LogP contribution in [0, 0.1) is 5.92 Å². The molecule has 0 spiro atoms. The van der Waals surface area contributed by atoms with E-state index >= 15 is 0 Å². The van der Waals surface area contributed by atoms with E-state index in [0.717, 1.165) is 12.8 Å². The van der Waals surface area contributed by atoms with Gasteiger partial charge in [-0.1, -0.05) is 6.07 Å². The molecule has 3 N–H and O–H groups in total. The van der Waals surface area contributed by atoms with Crippen LogP contribution in [0.3, 0.4) is 0 Å². The molecule has 1 aromatic carbocycles. The fourth-order valence-corrected chi connectivity index (χ4v) is 2.53. The average molecular weight is 292 g/mol. The number of rotatable bonds is 3. The molecule has 6 heteroatoms. The van der Waals surface area contributed by atoms with Crippen LogP contribution in [0.15, 0.2) is 18.2 Å². The molecule has 0 atom stereocenters. The third kappa shape index (κ3) is 3.65. The van der Waals surface area contributed by atoms with Gasteiger partial charge in [-0.25, -0.2) is 0 Å². The fraction of sp³-hybridized carbons (Fsp3) is 0.467. The third-order valence-corrected chi connectivity index (χ3v) is 3.78. The van der Waals surface area contributed by atoms with Gasteiger partial charge in [-0.05, 0) is 30.9 Å². The minimum Gasteiger partial charge on any atom is -0.507 e. The Morgan fingerprint density at radius 3 is 2.33 bits per heavy atom. The SMILES string of the molecule is CC(=O)NCC1CCN(C(=O)c2c(O)cccc2O)CC1. The van der Waals surface area contributed by atoms with Crippen LogP contribution >= 0.6 is 0 Å². The van der Waals surface area contributed by atoms with E-state index in [1.54, 1.807) is 4.90 Å². The van der Waals surface area contributed by atoms with Crippen molar-refractivity contribution in [3.8, 4) is 11.5 Å². The minimum atomic E-state index is -0.358. The summed E-state index contributed by atoms with van der Waals surface area (Å²) in [6.07, 6.45) is 1.58. The quantitative estimate of drug-likeness (QED) is 0.778. The Balaban J connectivity index is 1.96. The van der Waals surface area contributed by atoms with Gasteiger partial charge in [0.15, 0.2) is 0 Å². The molecule has 1 heterocycles. The predicted molar refractivity (Wildman–Crippen MR) is 77.1 cm³/mol. The van der Waals surface area contributed by atoms with E-state index in [1.165, 1.54) is 25.1 Å². The van der Waals surface area contributed by atoms with Crippen molar-refractivity contribution in [2.75, 3.05) is 19.6 Å². The summed E-state index contributed by atoms with van der Waals surface area (Å²) >= 11 is 0. The summed E-state index contributed by atoms with van der Waals surface area (Å²) < 4.78 is 0. The Bertz CT molecular complexity index is 516. The third-order valence-electron chi connectivity index (χ3n) is 3.78. The second kappa shape index (κ2) is 6.47. The van der Waals surface area contributed by atoms with Crippen molar-refractivity contribution in [2.45, 2.75) is 19.8 Å². The number of hydrogen-bond donors (Lipinski definition) is 3. The number of hydrogen-bond acceptors (Lipinski definition) is 4. The number of nitrogens with one attached hydrogen (secondary N) is 1. The summed E-state index contributed by atoms with van der Waals surface area (Å²) in [6.45, 7) is 3.21. The summed E-state index contributed by atoms with van der Waals surface area (Å²) in [5, 5.41) is 22.3. The normalized spacial score (nSPS) is 15.8. The highest BCUT2D eigenvalue weighted by Crippen LogP contribution is 2.29. The zero-order valence-electron chi connectivity index (χ0n) is 12.0. The van der Waals surface area contributed by atoms with E-state index in [2.05, 4.69) is 5.32 Å². The summed E-state index contributed by atoms with van der Waals surface area (Å²) in [5.41, 5.74) is -0.0437. The van der Waals surface area contributed by atoms with Crippen LogP contribution in [0.1, 0.15) is 30.1 Å². The lowest BCUT2D eigenvalue weighted by Crippen LogP contribution is -2.41. The number of aromatic hydroxyl groups is 2. The standard InChI is InChI=1S/C15H20N2O4/c1-10(18)16-9-11-5-7-17(8-6-11)15(21)14-12(19)3-2-4-13(14)20/h2-4,11,19-20H,5-9H2,1H3,(H,16,18). The highest BCUT2D eigenvalue weighted by atomic mass is 16.3. The number of benzene rings is 1. The van der Waals surface area contributed by atoms with E-state index in [-0.39, 0.29) is 28.9 Å². The number of piperidine rings is 1. The molecule has 0 saturated carbocycles. The van der Waals surface area contributed by atoms with Crippen LogP contribution in [0.25, 0.3) is 0 Å². The van der Waals surface area contributed by atoms with Gasteiger partial charge in [0.1, 0.15) is 17.1 Å². The Morgan fingerprint density at radius 2 is 1.81 bits per heavy atom. The maximum Gasteiger partial charge on any atom is 0.261 e. The highest BCUT2D eigenvalue weighted by Gasteiger charge is 2.26. The molecule has 2 rings (SSSR count). The molecule has 114 valence electrons. The van der Waals surface area contributed by atoms with Gasteiger partial charge >= 0.3 is 0 Å². The van der Waals surface area contributed by atoms with Crippen LogP contribution < -0.4 is 5.32 Å². The van der Waals surface area contributed by atoms with E-state index in [0.29, 0.717) is 25.6 Å². The number of phenolic OH excluding ortho intramolecular Hbond substituents is 2. The number of amides is 2. The fourth-order valence-electron chi connectivity index (χ4n) is 2.53. The zero-order chi connectivity index (χ0) is 15.4. The average Bonchev–Trinajstić information content (AvgIpc) is 2.45. The first-order valence-corrected chi connectivity index (χ1v) is 7.03. The zero-order valence-corrected chi connectivity index (χ0v) is 12.0. The van der Waals surface area contributed by atoms with E-state index in [9.17, 15) is 19.8 Å². The largest absolute Gasteiger partial charge is 0.507 e. The van der Waals surface area contributed by atoms with Crippen molar-refractivity contribution in [3.63, 3.8) is 0 Å². The Morgan fingerprint density at radius 1 is 1.24 bits per heavy atom. The second-order valence-corrected chi connectivity index (χ2v) is 5.34. The maximum absolute atomic E-state index is 12.4. The number of carbonyl (C=O) groups is 2. The number of phenols is 2. The van der Waals surface area contributed by atoms with Crippen LogP contribution in [-0.2, 0) is 4.79 Å². The molecular formula is C15H20N2O4. The lowest BCUT2D eigenvalue weighted by Gasteiger charge is -2.32. The van der Waals surface area contributed by atoms with E-state index in [4.69, 9.17) is 0 Å². The molecule has 1 aliphatic rings. The molecular weight excluding hydrogens is 272 g/mol.